The summed E-state index contributed by atoms with van der Waals surface area (Å²) in [5, 5.41) is 0.609. The number of carbonyl (C=O) groups excluding carboxylic acids is 1. The van der Waals surface area contributed by atoms with Crippen LogP contribution in [0.3, 0.4) is 0 Å². The lowest BCUT2D eigenvalue weighted by molar-refractivity contribution is 0.100. The van der Waals surface area contributed by atoms with Gasteiger partial charge in [-0.05, 0) is 24.3 Å². The molecular formula is C9H6ClOS2. The van der Waals surface area contributed by atoms with Gasteiger partial charge in [0, 0.05) is 10.6 Å². The van der Waals surface area contributed by atoms with E-state index in [1.54, 1.807) is 24.3 Å². The Bertz CT molecular complexity index is 332. The average molecular weight is 230 g/mol. The molecule has 67 valence electrons. The summed E-state index contributed by atoms with van der Waals surface area (Å²) in [4.78, 5) is 11.4. The molecule has 4 heteroatoms. The van der Waals surface area contributed by atoms with Gasteiger partial charge in [-0.25, -0.2) is 0 Å². The fourth-order valence-electron chi connectivity index (χ4n) is 0.869. The highest BCUT2D eigenvalue weighted by molar-refractivity contribution is 8.11. The smallest absolute Gasteiger partial charge is 0.168 e. The Hall–Kier alpha value is -0.510. The van der Waals surface area contributed by atoms with E-state index in [1.165, 1.54) is 0 Å². The Morgan fingerprint density at radius 2 is 1.85 bits per heavy atom. The molecule has 0 fully saturated rings. The van der Waals surface area contributed by atoms with Crippen LogP contribution in [-0.4, -0.2) is 9.98 Å². The van der Waals surface area contributed by atoms with E-state index in [1.807, 2.05) is 0 Å². The summed E-state index contributed by atoms with van der Waals surface area (Å²) in [7, 11) is 0. The number of carbonyl (C=O) groups is 1. The fourth-order valence-corrected chi connectivity index (χ4v) is 1.26. The topological polar surface area (TPSA) is 17.1 Å². The average Bonchev–Trinajstić information content (AvgIpc) is 2.04. The van der Waals surface area contributed by atoms with Crippen LogP contribution in [0, 0.1) is 0 Å². The number of Topliss-reactive ketones (excluding diaryl/α,β-unsaturated/α-hetero) is 1. The Morgan fingerprint density at radius 1 is 1.31 bits per heavy atom. The summed E-state index contributed by atoms with van der Waals surface area (Å²) >= 11 is 15.0. The van der Waals surface area contributed by atoms with Gasteiger partial charge in [0.2, 0.25) is 0 Å². The minimum absolute atomic E-state index is 0.0586. The molecule has 0 spiro atoms. The van der Waals surface area contributed by atoms with E-state index in [2.05, 4.69) is 24.8 Å². The van der Waals surface area contributed by atoms with Gasteiger partial charge in [0.05, 0.1) is 10.6 Å². The van der Waals surface area contributed by atoms with Crippen LogP contribution in [-0.2, 0) is 0 Å². The summed E-state index contributed by atoms with van der Waals surface area (Å²) in [6.45, 7) is 0. The second-order valence-corrected chi connectivity index (χ2v) is 4.16. The van der Waals surface area contributed by atoms with Gasteiger partial charge in [-0.3, -0.25) is 4.79 Å². The minimum atomic E-state index is -0.0586. The standard InChI is InChI=1S/C9H6ClOS2/c10-7-3-1-6(2-4-7)8(11)5-9(12)13/h1-4H,5H2. The maximum absolute atomic E-state index is 11.4. The molecule has 1 aromatic rings. The van der Waals surface area contributed by atoms with E-state index < -0.39 is 0 Å². The third kappa shape index (κ3) is 3.38. The van der Waals surface area contributed by atoms with Gasteiger partial charge in [-0.15, -0.1) is 0 Å². The molecule has 0 N–H and O–H groups in total. The highest BCUT2D eigenvalue weighted by atomic mass is 35.5. The van der Waals surface area contributed by atoms with Crippen molar-refractivity contribution in [3.63, 3.8) is 0 Å². The van der Waals surface area contributed by atoms with Crippen molar-refractivity contribution in [1.82, 2.24) is 0 Å². The molecule has 0 atom stereocenters. The number of benzene rings is 1. The zero-order chi connectivity index (χ0) is 9.84. The van der Waals surface area contributed by atoms with E-state index >= 15 is 0 Å². The van der Waals surface area contributed by atoms with Crippen LogP contribution in [0.4, 0.5) is 0 Å². The quantitative estimate of drug-likeness (QED) is 0.584. The van der Waals surface area contributed by atoms with Crippen molar-refractivity contribution in [3.05, 3.63) is 34.9 Å². The summed E-state index contributed by atoms with van der Waals surface area (Å²) in [6.07, 6.45) is 0.145. The Morgan fingerprint density at radius 3 is 2.31 bits per heavy atom. The van der Waals surface area contributed by atoms with Crippen LogP contribution in [0.25, 0.3) is 0 Å². The molecule has 0 aliphatic carbocycles. The lowest BCUT2D eigenvalue weighted by Gasteiger charge is -1.97. The summed E-state index contributed by atoms with van der Waals surface area (Å²) in [6, 6.07) is 6.67. The van der Waals surface area contributed by atoms with Crippen molar-refractivity contribution >= 4 is 46.4 Å². The second-order valence-electron chi connectivity index (χ2n) is 2.48. The Labute approximate surface area is 92.5 Å². The maximum atomic E-state index is 11.4. The summed E-state index contributed by atoms with van der Waals surface area (Å²) in [5.74, 6) is -0.0586. The van der Waals surface area contributed by atoms with Crippen molar-refractivity contribution in [2.45, 2.75) is 6.42 Å². The van der Waals surface area contributed by atoms with E-state index in [9.17, 15) is 4.79 Å². The first-order chi connectivity index (χ1) is 6.09. The van der Waals surface area contributed by atoms with E-state index in [0.717, 1.165) is 0 Å². The summed E-state index contributed by atoms with van der Waals surface area (Å²) in [5.41, 5.74) is 0.594. The summed E-state index contributed by atoms with van der Waals surface area (Å²) < 4.78 is 0.292. The largest absolute Gasteiger partial charge is 0.294 e. The third-order valence-corrected chi connectivity index (χ3v) is 2.01. The number of hydrogen-bond acceptors (Lipinski definition) is 2. The van der Waals surface area contributed by atoms with Gasteiger partial charge in [0.25, 0.3) is 0 Å². The second kappa shape index (κ2) is 4.65. The van der Waals surface area contributed by atoms with Crippen LogP contribution in [0.2, 0.25) is 5.02 Å². The predicted octanol–water partition coefficient (Wildman–Crippen LogP) is 3.44. The van der Waals surface area contributed by atoms with Crippen LogP contribution in [0.1, 0.15) is 16.8 Å². The van der Waals surface area contributed by atoms with Crippen LogP contribution in [0.5, 0.6) is 0 Å². The van der Waals surface area contributed by atoms with E-state index in [-0.39, 0.29) is 12.2 Å². The first-order valence-corrected chi connectivity index (χ1v) is 4.77. The molecule has 1 radical (unpaired) electrons. The van der Waals surface area contributed by atoms with Gasteiger partial charge in [-0.1, -0.05) is 36.4 Å². The highest BCUT2D eigenvalue weighted by Gasteiger charge is 2.06. The number of halogens is 1. The Balaban J connectivity index is 2.78. The van der Waals surface area contributed by atoms with Crippen LogP contribution in [0.15, 0.2) is 24.3 Å². The van der Waals surface area contributed by atoms with Crippen molar-refractivity contribution in [3.8, 4) is 0 Å². The number of hydrogen-bond donors (Lipinski definition) is 0. The first kappa shape index (κ1) is 10.6. The fraction of sp³-hybridized carbons (Fsp3) is 0.111. The Kier molecular flexibility index (Phi) is 3.78. The molecule has 1 rings (SSSR count). The van der Waals surface area contributed by atoms with Gasteiger partial charge < -0.3 is 0 Å². The molecule has 0 bridgehead atoms. The molecule has 0 saturated heterocycles. The van der Waals surface area contributed by atoms with Crippen molar-refractivity contribution in [2.75, 3.05) is 0 Å². The molecule has 0 aromatic heterocycles. The third-order valence-electron chi connectivity index (χ3n) is 1.47. The molecule has 13 heavy (non-hydrogen) atoms. The van der Waals surface area contributed by atoms with Crippen molar-refractivity contribution in [1.29, 1.82) is 0 Å². The van der Waals surface area contributed by atoms with Gasteiger partial charge in [-0.2, -0.15) is 0 Å². The van der Waals surface area contributed by atoms with Gasteiger partial charge in [0.1, 0.15) is 0 Å². The number of thiocarbonyl (C=S) groups is 1. The number of ketones is 1. The molecule has 0 heterocycles. The zero-order valence-electron chi connectivity index (χ0n) is 6.62. The van der Waals surface area contributed by atoms with E-state index in [4.69, 9.17) is 11.6 Å². The minimum Gasteiger partial charge on any atom is -0.294 e. The molecule has 1 aromatic carbocycles. The van der Waals surface area contributed by atoms with Crippen LogP contribution >= 0.6 is 36.4 Å². The first-order valence-electron chi connectivity index (χ1n) is 3.58. The SMILES string of the molecule is O=C(CC([S])=S)c1ccc(Cl)cc1. The maximum Gasteiger partial charge on any atom is 0.168 e. The van der Waals surface area contributed by atoms with E-state index in [0.29, 0.717) is 14.8 Å². The molecule has 1 nitrogen and oxygen atoms in total. The van der Waals surface area contributed by atoms with Gasteiger partial charge in [0.15, 0.2) is 5.78 Å². The molecule has 0 aliphatic rings. The lowest BCUT2D eigenvalue weighted by Crippen LogP contribution is -2.01. The normalized spacial score (nSPS) is 9.62. The van der Waals surface area contributed by atoms with Crippen molar-refractivity contribution < 1.29 is 4.79 Å². The highest BCUT2D eigenvalue weighted by Crippen LogP contribution is 2.11. The molecule has 0 saturated carbocycles. The van der Waals surface area contributed by atoms with Crippen molar-refractivity contribution in [2.24, 2.45) is 0 Å². The lowest BCUT2D eigenvalue weighted by atomic mass is 10.1. The molecule has 0 amide bonds. The predicted molar refractivity (Wildman–Crippen MR) is 60.6 cm³/mol. The van der Waals surface area contributed by atoms with Gasteiger partial charge >= 0.3 is 0 Å². The van der Waals surface area contributed by atoms with Crippen LogP contribution < -0.4 is 0 Å². The molecule has 0 unspecified atom stereocenters. The molecular weight excluding hydrogens is 224 g/mol. The zero-order valence-corrected chi connectivity index (χ0v) is 9.01. The number of rotatable bonds is 3. The monoisotopic (exact) mass is 229 g/mol. The molecule has 0 aliphatic heterocycles.